The van der Waals surface area contributed by atoms with Crippen molar-refractivity contribution in [1.29, 1.82) is 0 Å². The number of hydrogen-bond donors (Lipinski definition) is 0. The second-order valence-corrected chi connectivity index (χ2v) is 6.95. The molecule has 1 aliphatic carbocycles. The van der Waals surface area contributed by atoms with Crippen molar-refractivity contribution in [3.05, 3.63) is 47.2 Å². The van der Waals surface area contributed by atoms with Gasteiger partial charge in [-0.2, -0.15) is 0 Å². The molecule has 0 atom stereocenters. The molecule has 5 heteroatoms. The summed E-state index contributed by atoms with van der Waals surface area (Å²) in [5.74, 6) is 3.18. The van der Waals surface area contributed by atoms with Crippen molar-refractivity contribution in [3.8, 4) is 0 Å². The van der Waals surface area contributed by atoms with Crippen LogP contribution in [0.3, 0.4) is 0 Å². The van der Waals surface area contributed by atoms with Gasteiger partial charge in [-0.15, -0.1) is 0 Å². The van der Waals surface area contributed by atoms with Crippen LogP contribution in [0.4, 0.5) is 5.82 Å². The van der Waals surface area contributed by atoms with Crippen LogP contribution in [-0.4, -0.2) is 32.6 Å². The van der Waals surface area contributed by atoms with Gasteiger partial charge in [0.05, 0.1) is 17.1 Å². The highest BCUT2D eigenvalue weighted by molar-refractivity contribution is 5.76. The van der Waals surface area contributed by atoms with Crippen LogP contribution in [0.25, 0.3) is 11.0 Å². The minimum absolute atomic E-state index is 0.477. The predicted molar refractivity (Wildman–Crippen MR) is 94.5 cm³/mol. The third kappa shape index (κ3) is 1.97. The number of hydrogen-bond acceptors (Lipinski definition) is 4. The second-order valence-electron chi connectivity index (χ2n) is 6.95. The van der Waals surface area contributed by atoms with Crippen molar-refractivity contribution in [3.63, 3.8) is 0 Å². The van der Waals surface area contributed by atoms with Crippen molar-refractivity contribution in [2.24, 2.45) is 0 Å². The van der Waals surface area contributed by atoms with Crippen LogP contribution in [0.15, 0.2) is 24.3 Å². The van der Waals surface area contributed by atoms with Crippen LogP contribution in [0, 0.1) is 13.8 Å². The van der Waals surface area contributed by atoms with Gasteiger partial charge in [0.25, 0.3) is 0 Å². The van der Waals surface area contributed by atoms with E-state index >= 15 is 0 Å². The van der Waals surface area contributed by atoms with Gasteiger partial charge >= 0.3 is 0 Å². The van der Waals surface area contributed by atoms with Crippen molar-refractivity contribution in [1.82, 2.24) is 19.5 Å². The van der Waals surface area contributed by atoms with E-state index in [4.69, 9.17) is 9.97 Å². The smallest absolute Gasteiger partial charge is 0.135 e. The number of nitrogens with zero attached hydrogens (tertiary/aromatic N) is 5. The number of anilines is 1. The monoisotopic (exact) mass is 319 g/mol. The van der Waals surface area contributed by atoms with E-state index in [-0.39, 0.29) is 0 Å². The second kappa shape index (κ2) is 5.03. The normalized spacial score (nSPS) is 17.3. The Labute approximate surface area is 141 Å². The molecule has 0 spiro atoms. The first-order valence-electron chi connectivity index (χ1n) is 8.75. The zero-order valence-electron chi connectivity index (χ0n) is 14.2. The number of para-hydroxylation sites is 2. The summed E-state index contributed by atoms with van der Waals surface area (Å²) < 4.78 is 2.39. The molecule has 2 aromatic heterocycles. The summed E-state index contributed by atoms with van der Waals surface area (Å²) in [6.45, 7) is 6.12. The first-order chi connectivity index (χ1) is 11.7. The van der Waals surface area contributed by atoms with Crippen LogP contribution in [-0.2, 0) is 12.8 Å². The number of benzene rings is 1. The van der Waals surface area contributed by atoms with Crippen LogP contribution in [0.5, 0.6) is 0 Å². The van der Waals surface area contributed by atoms with Crippen LogP contribution >= 0.6 is 0 Å². The molecule has 0 bridgehead atoms. The highest BCUT2D eigenvalue weighted by Crippen LogP contribution is 2.35. The van der Waals surface area contributed by atoms with Gasteiger partial charge in [0, 0.05) is 24.3 Å². The number of aromatic nitrogens is 4. The van der Waals surface area contributed by atoms with E-state index in [1.54, 1.807) is 0 Å². The number of rotatable bonds is 2. The lowest BCUT2D eigenvalue weighted by molar-refractivity contribution is 0.398. The molecule has 1 aliphatic heterocycles. The molecule has 5 nitrogen and oxygen atoms in total. The fraction of sp³-hybridized carbons (Fsp3) is 0.421. The Morgan fingerprint density at radius 1 is 1.00 bits per heavy atom. The van der Waals surface area contributed by atoms with Crippen molar-refractivity contribution < 1.29 is 0 Å². The molecule has 5 rings (SSSR count). The van der Waals surface area contributed by atoms with Gasteiger partial charge in [-0.3, -0.25) is 0 Å². The summed E-state index contributed by atoms with van der Waals surface area (Å²) in [6.07, 6.45) is 3.44. The van der Waals surface area contributed by atoms with Crippen molar-refractivity contribution in [2.45, 2.75) is 39.2 Å². The van der Waals surface area contributed by atoms with Crippen LogP contribution in [0.1, 0.15) is 35.4 Å². The van der Waals surface area contributed by atoms with Crippen molar-refractivity contribution >= 4 is 16.9 Å². The first-order valence-corrected chi connectivity index (χ1v) is 8.75. The summed E-state index contributed by atoms with van der Waals surface area (Å²) in [5, 5.41) is 0. The molecule has 0 radical (unpaired) electrons. The number of fused-ring (bicyclic) bond motifs is 2. The van der Waals surface area contributed by atoms with E-state index in [2.05, 4.69) is 45.6 Å². The Hall–Kier alpha value is -2.43. The summed E-state index contributed by atoms with van der Waals surface area (Å²) >= 11 is 0. The van der Waals surface area contributed by atoms with Crippen LogP contribution in [0.2, 0.25) is 0 Å². The molecule has 122 valence electrons. The molecular weight excluding hydrogens is 298 g/mol. The molecule has 1 saturated heterocycles. The predicted octanol–water partition coefficient (Wildman–Crippen LogP) is 2.99. The van der Waals surface area contributed by atoms with Crippen LogP contribution < -0.4 is 4.90 Å². The SMILES string of the molecule is Cc1nc2c(c(N3CC(n4c(C)nc5ccccc54)C3)n1)CCC2. The fourth-order valence-electron chi connectivity index (χ4n) is 4.21. The van der Waals surface area contributed by atoms with Gasteiger partial charge in [0.1, 0.15) is 17.5 Å². The standard InChI is InChI=1S/C19H21N5/c1-12-20-16-8-5-6-15(16)19(21-12)23-10-14(11-23)24-13(2)22-17-7-3-4-9-18(17)24/h3-4,7,9,14H,5-6,8,10-11H2,1-2H3. The largest absolute Gasteiger partial charge is 0.352 e. The maximum absolute atomic E-state index is 4.76. The highest BCUT2D eigenvalue weighted by atomic mass is 15.3. The molecule has 24 heavy (non-hydrogen) atoms. The zero-order chi connectivity index (χ0) is 16.3. The van der Waals surface area contributed by atoms with E-state index in [9.17, 15) is 0 Å². The third-order valence-electron chi connectivity index (χ3n) is 5.32. The Bertz CT molecular complexity index is 936. The molecule has 1 fully saturated rings. The highest BCUT2D eigenvalue weighted by Gasteiger charge is 2.34. The minimum atomic E-state index is 0.477. The molecule has 2 aliphatic rings. The maximum Gasteiger partial charge on any atom is 0.135 e. The Morgan fingerprint density at radius 3 is 2.71 bits per heavy atom. The molecule has 0 N–H and O–H groups in total. The van der Waals surface area contributed by atoms with Gasteiger partial charge < -0.3 is 9.47 Å². The molecule has 1 aromatic carbocycles. The van der Waals surface area contributed by atoms with Gasteiger partial charge in [0.2, 0.25) is 0 Å². The summed E-state index contributed by atoms with van der Waals surface area (Å²) in [7, 11) is 0. The molecule has 0 saturated carbocycles. The average molecular weight is 319 g/mol. The summed E-state index contributed by atoms with van der Waals surface area (Å²) in [5.41, 5.74) is 4.98. The number of aryl methyl sites for hydroxylation is 3. The van der Waals surface area contributed by atoms with E-state index in [1.165, 1.54) is 29.0 Å². The molecular formula is C19H21N5. The van der Waals surface area contributed by atoms with Gasteiger partial charge in [0.15, 0.2) is 0 Å². The Balaban J connectivity index is 1.46. The Kier molecular flexibility index (Phi) is 2.93. The zero-order valence-corrected chi connectivity index (χ0v) is 14.2. The lowest BCUT2D eigenvalue weighted by atomic mass is 10.1. The topological polar surface area (TPSA) is 46.8 Å². The van der Waals surface area contributed by atoms with Crippen molar-refractivity contribution in [2.75, 3.05) is 18.0 Å². The molecule has 3 heterocycles. The van der Waals surface area contributed by atoms with E-state index in [0.29, 0.717) is 6.04 Å². The first kappa shape index (κ1) is 14.0. The fourth-order valence-corrected chi connectivity index (χ4v) is 4.21. The average Bonchev–Trinajstić information content (AvgIpc) is 3.10. The minimum Gasteiger partial charge on any atom is -0.352 e. The quantitative estimate of drug-likeness (QED) is 0.728. The van der Waals surface area contributed by atoms with Gasteiger partial charge in [-0.05, 0) is 45.2 Å². The summed E-state index contributed by atoms with van der Waals surface area (Å²) in [6, 6.07) is 8.89. The molecule has 3 aromatic rings. The Morgan fingerprint density at radius 2 is 1.83 bits per heavy atom. The van der Waals surface area contributed by atoms with E-state index in [1.807, 2.05) is 6.92 Å². The van der Waals surface area contributed by atoms with Gasteiger partial charge in [-0.1, -0.05) is 12.1 Å². The lowest BCUT2D eigenvalue weighted by Gasteiger charge is -2.42. The van der Waals surface area contributed by atoms with E-state index in [0.717, 1.165) is 43.1 Å². The summed E-state index contributed by atoms with van der Waals surface area (Å²) in [4.78, 5) is 16.5. The van der Waals surface area contributed by atoms with E-state index < -0.39 is 0 Å². The molecule has 0 unspecified atom stereocenters. The van der Waals surface area contributed by atoms with Gasteiger partial charge in [-0.25, -0.2) is 15.0 Å². The maximum atomic E-state index is 4.76. The number of imidazole rings is 1. The lowest BCUT2D eigenvalue weighted by Crippen LogP contribution is -2.49. The third-order valence-corrected chi connectivity index (χ3v) is 5.32. The molecule has 0 amide bonds.